The van der Waals surface area contributed by atoms with Gasteiger partial charge in [-0.3, -0.25) is 4.98 Å². The number of aromatic nitrogens is 1. The van der Waals surface area contributed by atoms with E-state index >= 15 is 0 Å². The number of carboxylic acid groups (broad SMARTS) is 1. The van der Waals surface area contributed by atoms with Crippen molar-refractivity contribution in [3.8, 4) is 0 Å². The lowest BCUT2D eigenvalue weighted by Crippen LogP contribution is -2.45. The van der Waals surface area contributed by atoms with Crippen LogP contribution >= 0.6 is 0 Å². The van der Waals surface area contributed by atoms with Crippen LogP contribution in [0.15, 0.2) is 48.8 Å². The highest BCUT2D eigenvalue weighted by Gasteiger charge is 2.35. The highest BCUT2D eigenvalue weighted by atomic mass is 16.4. The average Bonchev–Trinajstić information content (AvgIpc) is 2.69. The summed E-state index contributed by atoms with van der Waals surface area (Å²) in [6, 6.07) is 9.81. The van der Waals surface area contributed by atoms with Gasteiger partial charge in [-0.1, -0.05) is 18.2 Å². The first-order valence-corrected chi connectivity index (χ1v) is 8.96. The van der Waals surface area contributed by atoms with Gasteiger partial charge in [0.15, 0.2) is 0 Å². The van der Waals surface area contributed by atoms with E-state index < -0.39 is 11.6 Å². The summed E-state index contributed by atoms with van der Waals surface area (Å²) in [6.07, 6.45) is 5.88. The highest BCUT2D eigenvalue weighted by Crippen LogP contribution is 2.36. The van der Waals surface area contributed by atoms with Gasteiger partial charge in [-0.05, 0) is 49.4 Å². The van der Waals surface area contributed by atoms with Gasteiger partial charge in [0.2, 0.25) is 0 Å². The first kappa shape index (κ1) is 18.8. The Labute approximate surface area is 157 Å². The lowest BCUT2D eigenvalue weighted by Gasteiger charge is -2.36. The van der Waals surface area contributed by atoms with Gasteiger partial charge in [0.1, 0.15) is 0 Å². The molecule has 3 rings (SSSR count). The lowest BCUT2D eigenvalue weighted by atomic mass is 9.78. The van der Waals surface area contributed by atoms with Crippen LogP contribution in [0.4, 0.5) is 4.79 Å². The predicted octanol–water partition coefficient (Wildman–Crippen LogP) is 2.41. The number of carbonyl (C=O) groups is 2. The van der Waals surface area contributed by atoms with Crippen LogP contribution in [0.1, 0.15) is 47.2 Å². The molecule has 7 heteroatoms. The number of urea groups is 1. The molecule has 4 N–H and O–H groups in total. The molecule has 142 valence electrons. The highest BCUT2D eigenvalue weighted by molar-refractivity contribution is 5.87. The molecule has 2 amide bonds. The molecule has 0 spiro atoms. The smallest absolute Gasteiger partial charge is 0.335 e. The number of carbonyl (C=O) groups excluding carboxylic acids is 1. The summed E-state index contributed by atoms with van der Waals surface area (Å²) in [7, 11) is 0. The van der Waals surface area contributed by atoms with Crippen molar-refractivity contribution in [1.29, 1.82) is 0 Å². The van der Waals surface area contributed by atoms with Crippen LogP contribution in [0, 0.1) is 0 Å². The van der Waals surface area contributed by atoms with Gasteiger partial charge in [-0.2, -0.15) is 0 Å². The van der Waals surface area contributed by atoms with E-state index in [4.69, 9.17) is 5.11 Å². The van der Waals surface area contributed by atoms with Gasteiger partial charge in [-0.25, -0.2) is 9.59 Å². The van der Waals surface area contributed by atoms with Crippen LogP contribution in [0.3, 0.4) is 0 Å². The summed E-state index contributed by atoms with van der Waals surface area (Å²) in [5, 5.41) is 25.4. The fraction of sp³-hybridized carbons (Fsp3) is 0.350. The minimum atomic E-state index is -0.976. The molecule has 1 aliphatic rings. The van der Waals surface area contributed by atoms with Crippen molar-refractivity contribution in [2.45, 2.75) is 43.9 Å². The zero-order valence-corrected chi connectivity index (χ0v) is 14.9. The maximum absolute atomic E-state index is 12.1. The van der Waals surface area contributed by atoms with Gasteiger partial charge < -0.3 is 20.8 Å². The van der Waals surface area contributed by atoms with Crippen molar-refractivity contribution >= 4 is 12.0 Å². The molecule has 1 heterocycles. The van der Waals surface area contributed by atoms with Crippen molar-refractivity contribution in [1.82, 2.24) is 15.6 Å². The van der Waals surface area contributed by atoms with E-state index in [1.54, 1.807) is 24.5 Å². The van der Waals surface area contributed by atoms with Crippen molar-refractivity contribution < 1.29 is 19.8 Å². The third-order valence-corrected chi connectivity index (χ3v) is 5.00. The van der Waals surface area contributed by atoms with E-state index in [0.29, 0.717) is 32.2 Å². The van der Waals surface area contributed by atoms with Crippen LogP contribution in [0.25, 0.3) is 0 Å². The van der Waals surface area contributed by atoms with E-state index in [1.165, 1.54) is 12.1 Å². The Morgan fingerprint density at radius 3 is 2.44 bits per heavy atom. The number of aliphatic hydroxyl groups is 1. The number of amides is 2. The molecule has 0 saturated heterocycles. The summed E-state index contributed by atoms with van der Waals surface area (Å²) in [6.45, 7) is 0.318. The molecule has 1 aliphatic carbocycles. The van der Waals surface area contributed by atoms with Crippen molar-refractivity contribution in [3.63, 3.8) is 0 Å². The zero-order chi connectivity index (χ0) is 19.3. The first-order valence-electron chi connectivity index (χ1n) is 8.96. The van der Waals surface area contributed by atoms with Crippen LogP contribution in [-0.2, 0) is 12.1 Å². The Hall–Kier alpha value is -2.93. The summed E-state index contributed by atoms with van der Waals surface area (Å²) in [5.41, 5.74) is 0.975. The number of pyridine rings is 1. The Bertz CT molecular complexity index is 785. The largest absolute Gasteiger partial charge is 0.478 e. The van der Waals surface area contributed by atoms with Crippen molar-refractivity contribution in [3.05, 3.63) is 65.5 Å². The minimum absolute atomic E-state index is 0.0105. The Morgan fingerprint density at radius 1 is 1.15 bits per heavy atom. The van der Waals surface area contributed by atoms with E-state index in [-0.39, 0.29) is 17.6 Å². The molecular weight excluding hydrogens is 346 g/mol. The van der Waals surface area contributed by atoms with Crippen molar-refractivity contribution in [2.75, 3.05) is 0 Å². The molecule has 0 radical (unpaired) electrons. The molecule has 0 bridgehead atoms. The Kier molecular flexibility index (Phi) is 5.71. The monoisotopic (exact) mass is 369 g/mol. The van der Waals surface area contributed by atoms with Crippen LogP contribution in [0.2, 0.25) is 0 Å². The zero-order valence-electron chi connectivity index (χ0n) is 14.9. The van der Waals surface area contributed by atoms with E-state index in [2.05, 4.69) is 15.6 Å². The Morgan fingerprint density at radius 2 is 1.85 bits per heavy atom. The van der Waals surface area contributed by atoms with Gasteiger partial charge >= 0.3 is 12.0 Å². The molecule has 1 aromatic carbocycles. The van der Waals surface area contributed by atoms with E-state index in [9.17, 15) is 14.7 Å². The summed E-state index contributed by atoms with van der Waals surface area (Å²) in [5.74, 6) is -0.976. The van der Waals surface area contributed by atoms with Gasteiger partial charge in [-0.15, -0.1) is 0 Å². The Balaban J connectivity index is 1.45. The number of rotatable bonds is 5. The number of benzene rings is 1. The van der Waals surface area contributed by atoms with Crippen LogP contribution in [-0.4, -0.2) is 33.2 Å². The second kappa shape index (κ2) is 8.18. The molecular formula is C20H23N3O4. The molecule has 1 aromatic heterocycles. The molecule has 1 fully saturated rings. The number of nitrogens with one attached hydrogen (secondary N) is 2. The normalized spacial score (nSPS) is 22.0. The quantitative estimate of drug-likeness (QED) is 0.647. The first-order chi connectivity index (χ1) is 13.0. The number of hydrogen-bond acceptors (Lipinski definition) is 4. The fourth-order valence-corrected chi connectivity index (χ4v) is 3.35. The van der Waals surface area contributed by atoms with Crippen LogP contribution < -0.4 is 10.6 Å². The second-order valence-electron chi connectivity index (χ2n) is 6.88. The van der Waals surface area contributed by atoms with Gasteiger partial charge in [0, 0.05) is 30.5 Å². The third-order valence-electron chi connectivity index (χ3n) is 5.00. The van der Waals surface area contributed by atoms with E-state index in [0.717, 1.165) is 11.1 Å². The van der Waals surface area contributed by atoms with Gasteiger partial charge in [0.05, 0.1) is 11.2 Å². The summed E-state index contributed by atoms with van der Waals surface area (Å²) < 4.78 is 0. The molecule has 0 unspecified atom stereocenters. The summed E-state index contributed by atoms with van der Waals surface area (Å²) >= 11 is 0. The molecule has 7 nitrogen and oxygen atoms in total. The topological polar surface area (TPSA) is 112 Å². The van der Waals surface area contributed by atoms with Gasteiger partial charge in [0.25, 0.3) is 0 Å². The average molecular weight is 369 g/mol. The maximum Gasteiger partial charge on any atom is 0.335 e. The lowest BCUT2D eigenvalue weighted by molar-refractivity contribution is -0.00761. The number of nitrogens with zero attached hydrogens (tertiary/aromatic N) is 1. The predicted molar refractivity (Wildman–Crippen MR) is 99.2 cm³/mol. The summed E-state index contributed by atoms with van der Waals surface area (Å²) in [4.78, 5) is 27.0. The molecule has 27 heavy (non-hydrogen) atoms. The standard InChI is InChI=1S/C20H23N3O4/c24-18(25)15-5-3-14(4-6-15)12-22-19(26)23-17-7-9-20(27,10-8-17)16-2-1-11-21-13-16/h1-6,11,13,17,27H,7-10,12H2,(H,24,25)(H2,22,23,26). The number of aromatic carboxylic acids is 1. The SMILES string of the molecule is O=C(NCc1ccc(C(=O)O)cc1)NC1CCC(O)(c2cccnc2)CC1. The third kappa shape index (κ3) is 4.83. The second-order valence-corrected chi connectivity index (χ2v) is 6.88. The molecule has 2 aromatic rings. The minimum Gasteiger partial charge on any atom is -0.478 e. The molecule has 1 saturated carbocycles. The van der Waals surface area contributed by atoms with Crippen molar-refractivity contribution in [2.24, 2.45) is 0 Å². The molecule has 0 aliphatic heterocycles. The number of carboxylic acids is 1. The number of hydrogen-bond donors (Lipinski definition) is 4. The van der Waals surface area contributed by atoms with E-state index in [1.807, 2.05) is 12.1 Å². The fourth-order valence-electron chi connectivity index (χ4n) is 3.35. The molecule has 0 atom stereocenters. The maximum atomic E-state index is 12.1. The van der Waals surface area contributed by atoms with Crippen LogP contribution in [0.5, 0.6) is 0 Å².